The van der Waals surface area contributed by atoms with Crippen LogP contribution in [0.2, 0.25) is 0 Å². The molecule has 0 heterocycles. The van der Waals surface area contributed by atoms with E-state index in [1.54, 1.807) is 0 Å². The Hall–Kier alpha value is -0.0600. The zero-order valence-electron chi connectivity index (χ0n) is 7.17. The van der Waals surface area contributed by atoms with Gasteiger partial charge in [-0.2, -0.15) is 0 Å². The van der Waals surface area contributed by atoms with Crippen LogP contribution in [-0.2, 0) is 4.79 Å². The van der Waals surface area contributed by atoms with Crippen molar-refractivity contribution in [2.45, 2.75) is 6.42 Å². The van der Waals surface area contributed by atoms with Gasteiger partial charge >= 0.3 is 0 Å². The molecule has 0 aromatic heterocycles. The first kappa shape index (κ1) is 10.9. The van der Waals surface area contributed by atoms with Gasteiger partial charge in [0.15, 0.2) is 5.12 Å². The van der Waals surface area contributed by atoms with Crippen LogP contribution in [0, 0.1) is 0 Å². The Labute approximate surface area is 72.3 Å². The highest BCUT2D eigenvalue weighted by Gasteiger charge is 2.01. The minimum absolute atomic E-state index is 0.240. The van der Waals surface area contributed by atoms with Crippen molar-refractivity contribution in [3.63, 3.8) is 0 Å². The Morgan fingerprint density at radius 3 is 2.64 bits per heavy atom. The van der Waals surface area contributed by atoms with Gasteiger partial charge < -0.3 is 10.6 Å². The van der Waals surface area contributed by atoms with E-state index >= 15 is 0 Å². The maximum Gasteiger partial charge on any atom is 0.190 e. The fourth-order valence-electron chi connectivity index (χ4n) is 0.560. The molecule has 0 unspecified atom stereocenters. The molecule has 0 saturated carbocycles. The topological polar surface area (TPSA) is 46.3 Å². The Morgan fingerprint density at radius 1 is 1.55 bits per heavy atom. The Bertz CT molecular complexity index is 117. The molecular weight excluding hydrogens is 160 g/mol. The van der Waals surface area contributed by atoms with E-state index in [4.69, 9.17) is 5.73 Å². The van der Waals surface area contributed by atoms with Crippen molar-refractivity contribution in [1.29, 1.82) is 0 Å². The molecule has 3 nitrogen and oxygen atoms in total. The monoisotopic (exact) mass is 176 g/mol. The predicted octanol–water partition coefficient (Wildman–Crippen LogP) is 0.157. The molecule has 0 saturated heterocycles. The number of hydrogen-bond acceptors (Lipinski definition) is 4. The minimum Gasteiger partial charge on any atom is -0.330 e. The molecule has 0 aliphatic rings. The maximum absolute atomic E-state index is 11.0. The maximum atomic E-state index is 11.0. The van der Waals surface area contributed by atoms with Crippen molar-refractivity contribution < 1.29 is 4.79 Å². The number of rotatable bonds is 5. The predicted molar refractivity (Wildman–Crippen MR) is 49.7 cm³/mol. The number of nitrogens with zero attached hydrogens (tertiary/aromatic N) is 1. The van der Waals surface area contributed by atoms with Crippen molar-refractivity contribution >= 4 is 16.9 Å². The second-order valence-electron chi connectivity index (χ2n) is 2.56. The van der Waals surface area contributed by atoms with Gasteiger partial charge in [-0.25, -0.2) is 0 Å². The van der Waals surface area contributed by atoms with E-state index in [1.807, 2.05) is 19.0 Å². The van der Waals surface area contributed by atoms with Crippen LogP contribution < -0.4 is 5.73 Å². The van der Waals surface area contributed by atoms with Crippen molar-refractivity contribution in [3.05, 3.63) is 0 Å². The molecule has 11 heavy (non-hydrogen) atoms. The largest absolute Gasteiger partial charge is 0.330 e. The molecule has 4 heteroatoms. The van der Waals surface area contributed by atoms with Gasteiger partial charge in [-0.3, -0.25) is 4.79 Å². The SMILES string of the molecule is CN(C)CCC(=O)SCCN. The van der Waals surface area contributed by atoms with E-state index in [0.717, 1.165) is 12.3 Å². The smallest absolute Gasteiger partial charge is 0.190 e. The van der Waals surface area contributed by atoms with E-state index in [0.29, 0.717) is 13.0 Å². The highest BCUT2D eigenvalue weighted by atomic mass is 32.2. The third-order valence-corrected chi connectivity index (χ3v) is 2.11. The van der Waals surface area contributed by atoms with Gasteiger partial charge in [-0.1, -0.05) is 11.8 Å². The second kappa shape index (κ2) is 6.64. The van der Waals surface area contributed by atoms with Gasteiger partial charge in [-0.15, -0.1) is 0 Å². The first-order valence-corrected chi connectivity index (χ1v) is 4.65. The van der Waals surface area contributed by atoms with Crippen molar-refractivity contribution in [3.8, 4) is 0 Å². The summed E-state index contributed by atoms with van der Waals surface area (Å²) >= 11 is 1.33. The fourth-order valence-corrected chi connectivity index (χ4v) is 1.14. The summed E-state index contributed by atoms with van der Waals surface area (Å²) in [7, 11) is 3.92. The van der Waals surface area contributed by atoms with Gasteiger partial charge in [-0.05, 0) is 14.1 Å². The zero-order chi connectivity index (χ0) is 8.69. The molecule has 0 atom stereocenters. The summed E-state index contributed by atoms with van der Waals surface area (Å²) in [5.74, 6) is 0.742. The molecular formula is C7H16N2OS. The number of carbonyl (C=O) groups is 1. The Balaban J connectivity index is 3.23. The lowest BCUT2D eigenvalue weighted by Crippen LogP contribution is -2.16. The summed E-state index contributed by atoms with van der Waals surface area (Å²) in [5, 5.41) is 0.240. The van der Waals surface area contributed by atoms with E-state index < -0.39 is 0 Å². The first-order chi connectivity index (χ1) is 5.16. The molecule has 0 aliphatic heterocycles. The highest BCUT2D eigenvalue weighted by Crippen LogP contribution is 2.03. The molecule has 2 N–H and O–H groups in total. The molecule has 0 aromatic rings. The van der Waals surface area contributed by atoms with Crippen LogP contribution in [0.15, 0.2) is 0 Å². The third-order valence-electron chi connectivity index (χ3n) is 1.14. The molecule has 0 aliphatic carbocycles. The van der Waals surface area contributed by atoms with Crippen LogP contribution in [0.4, 0.5) is 0 Å². The zero-order valence-corrected chi connectivity index (χ0v) is 7.99. The third kappa shape index (κ3) is 7.84. The summed E-state index contributed by atoms with van der Waals surface area (Å²) in [6.45, 7) is 1.41. The number of carbonyl (C=O) groups excluding carboxylic acids is 1. The normalized spacial score (nSPS) is 10.5. The van der Waals surface area contributed by atoms with Crippen molar-refractivity contribution in [2.75, 3.05) is 32.9 Å². The Morgan fingerprint density at radius 2 is 2.18 bits per heavy atom. The van der Waals surface area contributed by atoms with E-state index in [2.05, 4.69) is 0 Å². The lowest BCUT2D eigenvalue weighted by Gasteiger charge is -2.07. The molecule has 0 spiro atoms. The highest BCUT2D eigenvalue weighted by molar-refractivity contribution is 8.13. The molecule has 0 fully saturated rings. The average molecular weight is 176 g/mol. The van der Waals surface area contributed by atoms with Crippen LogP contribution in [0.3, 0.4) is 0 Å². The number of nitrogens with two attached hydrogens (primary N) is 1. The number of hydrogen-bond donors (Lipinski definition) is 1. The van der Waals surface area contributed by atoms with Crippen molar-refractivity contribution in [2.24, 2.45) is 5.73 Å². The summed E-state index contributed by atoms with van der Waals surface area (Å²) in [6, 6.07) is 0. The van der Waals surface area contributed by atoms with E-state index in [-0.39, 0.29) is 5.12 Å². The number of thioether (sulfide) groups is 1. The van der Waals surface area contributed by atoms with Gasteiger partial charge in [0.25, 0.3) is 0 Å². The van der Waals surface area contributed by atoms with Crippen LogP contribution in [0.5, 0.6) is 0 Å². The fraction of sp³-hybridized carbons (Fsp3) is 0.857. The molecule has 0 aromatic carbocycles. The van der Waals surface area contributed by atoms with Crippen LogP contribution in [0.25, 0.3) is 0 Å². The second-order valence-corrected chi connectivity index (χ2v) is 3.71. The minimum atomic E-state index is 0.240. The van der Waals surface area contributed by atoms with Gasteiger partial charge in [0, 0.05) is 25.3 Å². The van der Waals surface area contributed by atoms with E-state index in [9.17, 15) is 4.79 Å². The molecule has 0 bridgehead atoms. The standard InChI is InChI=1S/C7H16N2OS/c1-9(2)5-3-7(10)11-6-4-8/h3-6,8H2,1-2H3. The van der Waals surface area contributed by atoms with Gasteiger partial charge in [0.05, 0.1) is 0 Å². The quantitative estimate of drug-likeness (QED) is 0.648. The molecule has 0 radical (unpaired) electrons. The van der Waals surface area contributed by atoms with Crippen LogP contribution in [0.1, 0.15) is 6.42 Å². The first-order valence-electron chi connectivity index (χ1n) is 3.67. The van der Waals surface area contributed by atoms with Gasteiger partial charge in [0.2, 0.25) is 0 Å². The van der Waals surface area contributed by atoms with Crippen molar-refractivity contribution in [1.82, 2.24) is 4.90 Å². The van der Waals surface area contributed by atoms with E-state index in [1.165, 1.54) is 11.8 Å². The Kier molecular flexibility index (Phi) is 6.60. The van der Waals surface area contributed by atoms with Crippen LogP contribution >= 0.6 is 11.8 Å². The van der Waals surface area contributed by atoms with Crippen LogP contribution in [-0.4, -0.2) is 43.0 Å². The summed E-state index contributed by atoms with van der Waals surface area (Å²) in [4.78, 5) is 13.0. The molecule has 0 amide bonds. The summed E-state index contributed by atoms with van der Waals surface area (Å²) < 4.78 is 0. The molecule has 66 valence electrons. The summed E-state index contributed by atoms with van der Waals surface area (Å²) in [5.41, 5.74) is 5.25. The lowest BCUT2D eigenvalue weighted by atomic mass is 10.4. The lowest BCUT2D eigenvalue weighted by molar-refractivity contribution is -0.111. The van der Waals surface area contributed by atoms with Gasteiger partial charge in [0.1, 0.15) is 0 Å². The average Bonchev–Trinajstić information content (AvgIpc) is 1.97. The molecule has 0 rings (SSSR count). The summed E-state index contributed by atoms with van der Waals surface area (Å²) in [6.07, 6.45) is 0.623.